The number of phenols is 1. The Morgan fingerprint density at radius 1 is 1.56 bits per heavy atom. The average molecular weight is 223 g/mol. The van der Waals surface area contributed by atoms with Crippen molar-refractivity contribution in [1.82, 2.24) is 0 Å². The number of hydrogen-bond acceptors (Lipinski definition) is 4. The highest BCUT2D eigenvalue weighted by Crippen LogP contribution is 2.22. The summed E-state index contributed by atoms with van der Waals surface area (Å²) in [5.41, 5.74) is 6.47. The summed E-state index contributed by atoms with van der Waals surface area (Å²) in [6.45, 7) is 2.49. The van der Waals surface area contributed by atoms with Gasteiger partial charge >= 0.3 is 5.97 Å². The SMILES string of the molecule is CCOC(=O)CC(CN)c1cccc(O)c1. The van der Waals surface area contributed by atoms with Crippen molar-refractivity contribution in [2.75, 3.05) is 13.2 Å². The third-order valence-corrected chi connectivity index (χ3v) is 2.34. The maximum Gasteiger partial charge on any atom is 0.306 e. The standard InChI is InChI=1S/C12H17NO3/c1-2-16-12(15)7-10(8-13)9-4-3-5-11(14)6-9/h3-6,10,14H,2,7-8,13H2,1H3. The third-order valence-electron chi connectivity index (χ3n) is 2.34. The molecule has 0 aliphatic carbocycles. The van der Waals surface area contributed by atoms with Gasteiger partial charge in [-0.1, -0.05) is 12.1 Å². The first-order valence-corrected chi connectivity index (χ1v) is 5.32. The van der Waals surface area contributed by atoms with Crippen LogP contribution in [0, 0.1) is 0 Å². The van der Waals surface area contributed by atoms with Crippen LogP contribution < -0.4 is 5.73 Å². The topological polar surface area (TPSA) is 72.5 Å². The molecule has 4 heteroatoms. The normalized spacial score (nSPS) is 12.1. The van der Waals surface area contributed by atoms with E-state index in [-0.39, 0.29) is 24.1 Å². The first-order chi connectivity index (χ1) is 7.67. The van der Waals surface area contributed by atoms with Crippen molar-refractivity contribution in [2.24, 2.45) is 5.73 Å². The van der Waals surface area contributed by atoms with E-state index in [1.165, 1.54) is 0 Å². The Morgan fingerprint density at radius 2 is 2.31 bits per heavy atom. The van der Waals surface area contributed by atoms with Crippen LogP contribution in [0.25, 0.3) is 0 Å². The van der Waals surface area contributed by atoms with E-state index in [1.54, 1.807) is 25.1 Å². The molecular formula is C12H17NO3. The molecule has 4 nitrogen and oxygen atoms in total. The molecule has 1 rings (SSSR count). The fourth-order valence-electron chi connectivity index (χ4n) is 1.54. The Balaban J connectivity index is 2.70. The Bertz CT molecular complexity index is 352. The van der Waals surface area contributed by atoms with Gasteiger partial charge in [-0.05, 0) is 31.2 Å². The van der Waals surface area contributed by atoms with E-state index in [4.69, 9.17) is 10.5 Å². The molecule has 0 amide bonds. The molecule has 0 aliphatic rings. The lowest BCUT2D eigenvalue weighted by Gasteiger charge is -2.14. The predicted molar refractivity (Wildman–Crippen MR) is 61.2 cm³/mol. The van der Waals surface area contributed by atoms with Gasteiger partial charge in [0, 0.05) is 5.92 Å². The number of rotatable bonds is 5. The van der Waals surface area contributed by atoms with Gasteiger partial charge in [0.25, 0.3) is 0 Å². The fourth-order valence-corrected chi connectivity index (χ4v) is 1.54. The summed E-state index contributed by atoms with van der Waals surface area (Å²) < 4.78 is 4.87. The quantitative estimate of drug-likeness (QED) is 0.740. The number of phenolic OH excluding ortho intramolecular Hbond substituents is 1. The van der Waals surface area contributed by atoms with Crippen LogP contribution in [0.3, 0.4) is 0 Å². The maximum absolute atomic E-state index is 11.3. The van der Waals surface area contributed by atoms with Gasteiger partial charge in [-0.25, -0.2) is 0 Å². The molecule has 0 bridgehead atoms. The third kappa shape index (κ3) is 3.55. The van der Waals surface area contributed by atoms with Gasteiger partial charge < -0.3 is 15.6 Å². The van der Waals surface area contributed by atoms with E-state index in [0.717, 1.165) is 5.56 Å². The summed E-state index contributed by atoms with van der Waals surface area (Å²) in [4.78, 5) is 11.3. The molecule has 0 radical (unpaired) electrons. The second-order valence-corrected chi connectivity index (χ2v) is 3.54. The first-order valence-electron chi connectivity index (χ1n) is 5.32. The highest BCUT2D eigenvalue weighted by Gasteiger charge is 2.15. The lowest BCUT2D eigenvalue weighted by atomic mass is 9.96. The summed E-state index contributed by atoms with van der Waals surface area (Å²) in [7, 11) is 0. The zero-order valence-electron chi connectivity index (χ0n) is 9.35. The van der Waals surface area contributed by atoms with E-state index in [9.17, 15) is 9.90 Å². The summed E-state index contributed by atoms with van der Waals surface area (Å²) in [5, 5.41) is 9.34. The number of ether oxygens (including phenoxy) is 1. The van der Waals surface area contributed by atoms with Crippen molar-refractivity contribution in [3.05, 3.63) is 29.8 Å². The Labute approximate surface area is 95.0 Å². The van der Waals surface area contributed by atoms with Crippen LogP contribution in [0.4, 0.5) is 0 Å². The van der Waals surface area contributed by atoms with Gasteiger partial charge in [0.15, 0.2) is 0 Å². The smallest absolute Gasteiger partial charge is 0.306 e. The number of nitrogens with two attached hydrogens (primary N) is 1. The molecule has 1 aromatic rings. The van der Waals surface area contributed by atoms with Crippen molar-refractivity contribution in [3.63, 3.8) is 0 Å². The van der Waals surface area contributed by atoms with Crippen LogP contribution >= 0.6 is 0 Å². The summed E-state index contributed by atoms with van der Waals surface area (Å²) in [5.74, 6) is -0.188. The molecule has 16 heavy (non-hydrogen) atoms. The van der Waals surface area contributed by atoms with E-state index in [1.807, 2.05) is 6.07 Å². The molecule has 0 heterocycles. The minimum absolute atomic E-state index is 0.105. The number of carbonyl (C=O) groups excluding carboxylic acids is 1. The molecule has 0 saturated carbocycles. The van der Waals surface area contributed by atoms with Gasteiger partial charge in [-0.2, -0.15) is 0 Å². The van der Waals surface area contributed by atoms with Crippen LogP contribution in [0.1, 0.15) is 24.8 Å². The molecule has 1 unspecified atom stereocenters. The number of aromatic hydroxyl groups is 1. The predicted octanol–water partition coefficient (Wildman–Crippen LogP) is 1.39. The molecule has 0 spiro atoms. The van der Waals surface area contributed by atoms with Gasteiger partial charge in [0.1, 0.15) is 5.75 Å². The van der Waals surface area contributed by atoms with Crippen LogP contribution in [0.15, 0.2) is 24.3 Å². The van der Waals surface area contributed by atoms with Crippen molar-refractivity contribution in [2.45, 2.75) is 19.3 Å². The second-order valence-electron chi connectivity index (χ2n) is 3.54. The Hall–Kier alpha value is -1.55. The molecule has 0 aromatic heterocycles. The molecule has 0 fully saturated rings. The summed E-state index contributed by atoms with van der Waals surface area (Å²) >= 11 is 0. The monoisotopic (exact) mass is 223 g/mol. The molecular weight excluding hydrogens is 206 g/mol. The van der Waals surface area contributed by atoms with Crippen molar-refractivity contribution in [3.8, 4) is 5.75 Å². The lowest BCUT2D eigenvalue weighted by Crippen LogP contribution is -2.18. The van der Waals surface area contributed by atoms with Crippen LogP contribution in [-0.2, 0) is 9.53 Å². The summed E-state index contributed by atoms with van der Waals surface area (Å²) in [6, 6.07) is 6.78. The van der Waals surface area contributed by atoms with Gasteiger partial charge in [-0.3, -0.25) is 4.79 Å². The molecule has 0 aliphatic heterocycles. The van der Waals surface area contributed by atoms with Crippen LogP contribution in [-0.4, -0.2) is 24.2 Å². The van der Waals surface area contributed by atoms with Crippen molar-refractivity contribution in [1.29, 1.82) is 0 Å². The lowest BCUT2D eigenvalue weighted by molar-refractivity contribution is -0.143. The number of hydrogen-bond donors (Lipinski definition) is 2. The van der Waals surface area contributed by atoms with Gasteiger partial charge in [-0.15, -0.1) is 0 Å². The highest BCUT2D eigenvalue weighted by molar-refractivity contribution is 5.70. The largest absolute Gasteiger partial charge is 0.508 e. The Kier molecular flexibility index (Phi) is 4.79. The zero-order chi connectivity index (χ0) is 12.0. The Morgan fingerprint density at radius 3 is 2.88 bits per heavy atom. The van der Waals surface area contributed by atoms with Crippen LogP contribution in [0.2, 0.25) is 0 Å². The number of carbonyl (C=O) groups is 1. The van der Waals surface area contributed by atoms with Crippen LogP contribution in [0.5, 0.6) is 5.75 Å². The van der Waals surface area contributed by atoms with Gasteiger partial charge in [0.05, 0.1) is 13.0 Å². The molecule has 1 atom stereocenters. The summed E-state index contributed by atoms with van der Waals surface area (Å²) in [6.07, 6.45) is 0.244. The fraction of sp³-hybridized carbons (Fsp3) is 0.417. The second kappa shape index (κ2) is 6.12. The van der Waals surface area contributed by atoms with Gasteiger partial charge in [0.2, 0.25) is 0 Å². The highest BCUT2D eigenvalue weighted by atomic mass is 16.5. The molecule has 88 valence electrons. The first kappa shape index (κ1) is 12.5. The van der Waals surface area contributed by atoms with Crippen molar-refractivity contribution < 1.29 is 14.6 Å². The zero-order valence-corrected chi connectivity index (χ0v) is 9.35. The molecule has 3 N–H and O–H groups in total. The van der Waals surface area contributed by atoms with E-state index >= 15 is 0 Å². The van der Waals surface area contributed by atoms with Crippen molar-refractivity contribution >= 4 is 5.97 Å². The van der Waals surface area contributed by atoms with E-state index in [0.29, 0.717) is 13.2 Å². The molecule has 1 aromatic carbocycles. The minimum atomic E-state index is -0.263. The van der Waals surface area contributed by atoms with E-state index < -0.39 is 0 Å². The minimum Gasteiger partial charge on any atom is -0.508 e. The maximum atomic E-state index is 11.3. The average Bonchev–Trinajstić information content (AvgIpc) is 2.26. The van der Waals surface area contributed by atoms with E-state index in [2.05, 4.69) is 0 Å². The molecule has 0 saturated heterocycles. The number of esters is 1. The number of benzene rings is 1.